The number of fused-ring (bicyclic) bond motifs is 1. The standard InChI is InChI=1S/C18H20N4/c1-2-5-15(6-3-1)13-21-12-4-7-16(14-21)17-8-10-19-18-9-11-20-22(17)18/h1-3,5-6,8-11,16H,4,7,12-14H2. The van der Waals surface area contributed by atoms with Crippen molar-refractivity contribution in [3.05, 3.63) is 66.1 Å². The lowest BCUT2D eigenvalue weighted by atomic mass is 9.94. The first-order chi connectivity index (χ1) is 10.9. The monoisotopic (exact) mass is 292 g/mol. The van der Waals surface area contributed by atoms with Crippen LogP contribution < -0.4 is 0 Å². The molecule has 0 N–H and O–H groups in total. The van der Waals surface area contributed by atoms with Crippen LogP contribution in [-0.2, 0) is 6.54 Å². The maximum Gasteiger partial charge on any atom is 0.155 e. The van der Waals surface area contributed by atoms with Crippen LogP contribution in [0.2, 0.25) is 0 Å². The van der Waals surface area contributed by atoms with E-state index in [1.807, 2.05) is 23.0 Å². The second-order valence-electron chi connectivity index (χ2n) is 6.03. The Hall–Kier alpha value is -2.20. The van der Waals surface area contributed by atoms with Gasteiger partial charge in [0.25, 0.3) is 0 Å². The number of piperidine rings is 1. The van der Waals surface area contributed by atoms with Crippen molar-refractivity contribution < 1.29 is 0 Å². The molecule has 1 aromatic carbocycles. The van der Waals surface area contributed by atoms with Crippen molar-refractivity contribution in [1.82, 2.24) is 19.5 Å². The summed E-state index contributed by atoms with van der Waals surface area (Å²) in [5.41, 5.74) is 3.62. The predicted molar refractivity (Wildman–Crippen MR) is 86.7 cm³/mol. The van der Waals surface area contributed by atoms with E-state index in [-0.39, 0.29) is 0 Å². The quantitative estimate of drug-likeness (QED) is 0.744. The van der Waals surface area contributed by atoms with Crippen LogP contribution in [0.4, 0.5) is 0 Å². The van der Waals surface area contributed by atoms with Crippen LogP contribution in [0.1, 0.15) is 30.0 Å². The molecule has 1 atom stereocenters. The third-order valence-corrected chi connectivity index (χ3v) is 4.49. The predicted octanol–water partition coefficient (Wildman–Crippen LogP) is 3.11. The summed E-state index contributed by atoms with van der Waals surface area (Å²) in [5, 5.41) is 4.44. The molecule has 0 bridgehead atoms. The lowest BCUT2D eigenvalue weighted by Gasteiger charge is -2.33. The van der Waals surface area contributed by atoms with E-state index in [0.29, 0.717) is 5.92 Å². The van der Waals surface area contributed by atoms with E-state index in [9.17, 15) is 0 Å². The minimum Gasteiger partial charge on any atom is -0.298 e. The van der Waals surface area contributed by atoms with Gasteiger partial charge in [-0.25, -0.2) is 9.50 Å². The van der Waals surface area contributed by atoms with Crippen molar-refractivity contribution in [2.45, 2.75) is 25.3 Å². The Balaban J connectivity index is 1.55. The van der Waals surface area contributed by atoms with Crippen LogP contribution in [0.3, 0.4) is 0 Å². The molecule has 0 amide bonds. The van der Waals surface area contributed by atoms with E-state index in [4.69, 9.17) is 0 Å². The highest BCUT2D eigenvalue weighted by molar-refractivity contribution is 5.37. The Morgan fingerprint density at radius 2 is 1.95 bits per heavy atom. The van der Waals surface area contributed by atoms with Gasteiger partial charge < -0.3 is 0 Å². The molecule has 0 saturated carbocycles. The molecule has 0 spiro atoms. The van der Waals surface area contributed by atoms with Gasteiger partial charge in [-0.2, -0.15) is 5.10 Å². The second-order valence-corrected chi connectivity index (χ2v) is 6.03. The van der Waals surface area contributed by atoms with Crippen LogP contribution in [0.25, 0.3) is 5.65 Å². The third kappa shape index (κ3) is 2.62. The first-order valence-corrected chi connectivity index (χ1v) is 7.95. The van der Waals surface area contributed by atoms with Gasteiger partial charge in [0.15, 0.2) is 5.65 Å². The van der Waals surface area contributed by atoms with Crippen LogP contribution in [0.5, 0.6) is 0 Å². The van der Waals surface area contributed by atoms with Crippen molar-refractivity contribution >= 4 is 5.65 Å². The topological polar surface area (TPSA) is 33.4 Å². The molecule has 2 aromatic heterocycles. The second kappa shape index (κ2) is 5.89. The number of rotatable bonds is 3. The fourth-order valence-corrected chi connectivity index (χ4v) is 3.44. The van der Waals surface area contributed by atoms with Gasteiger partial charge >= 0.3 is 0 Å². The molecule has 3 aromatic rings. The van der Waals surface area contributed by atoms with Crippen LogP contribution in [0, 0.1) is 0 Å². The number of aromatic nitrogens is 3. The minimum atomic E-state index is 0.530. The lowest BCUT2D eigenvalue weighted by molar-refractivity contribution is 0.197. The molecule has 1 aliphatic heterocycles. The minimum absolute atomic E-state index is 0.530. The highest BCUT2D eigenvalue weighted by atomic mass is 15.3. The maximum absolute atomic E-state index is 4.44. The van der Waals surface area contributed by atoms with E-state index in [1.54, 1.807) is 0 Å². The summed E-state index contributed by atoms with van der Waals surface area (Å²) in [4.78, 5) is 6.93. The summed E-state index contributed by atoms with van der Waals surface area (Å²) in [7, 11) is 0. The average molecular weight is 292 g/mol. The smallest absolute Gasteiger partial charge is 0.155 e. The molecule has 1 fully saturated rings. The van der Waals surface area contributed by atoms with Crippen molar-refractivity contribution in [3.8, 4) is 0 Å². The number of hydrogen-bond acceptors (Lipinski definition) is 3. The molecule has 4 rings (SSSR count). The van der Waals surface area contributed by atoms with Crippen LogP contribution in [0.15, 0.2) is 54.9 Å². The Kier molecular flexibility index (Phi) is 3.60. The molecule has 1 unspecified atom stereocenters. The molecule has 4 nitrogen and oxygen atoms in total. The highest BCUT2D eigenvalue weighted by Gasteiger charge is 2.23. The number of likely N-dealkylation sites (tertiary alicyclic amines) is 1. The summed E-state index contributed by atoms with van der Waals surface area (Å²) in [6.45, 7) is 3.30. The molecular weight excluding hydrogens is 272 g/mol. The summed E-state index contributed by atoms with van der Waals surface area (Å²) in [5.74, 6) is 0.530. The Morgan fingerprint density at radius 1 is 1.05 bits per heavy atom. The normalized spacial score (nSPS) is 19.5. The first-order valence-electron chi connectivity index (χ1n) is 7.95. The van der Waals surface area contributed by atoms with Crippen molar-refractivity contribution in [2.24, 2.45) is 0 Å². The fourth-order valence-electron chi connectivity index (χ4n) is 3.44. The van der Waals surface area contributed by atoms with Crippen molar-refractivity contribution in [1.29, 1.82) is 0 Å². The molecular formula is C18H20N4. The highest BCUT2D eigenvalue weighted by Crippen LogP contribution is 2.27. The van der Waals surface area contributed by atoms with Gasteiger partial charge in [0, 0.05) is 31.3 Å². The molecule has 1 aliphatic rings. The van der Waals surface area contributed by atoms with Gasteiger partial charge in [-0.05, 0) is 31.0 Å². The summed E-state index contributed by atoms with van der Waals surface area (Å²) >= 11 is 0. The van der Waals surface area contributed by atoms with Gasteiger partial charge in [-0.15, -0.1) is 0 Å². The summed E-state index contributed by atoms with van der Waals surface area (Å²) in [6, 6.07) is 14.8. The largest absolute Gasteiger partial charge is 0.298 e. The van der Waals surface area contributed by atoms with Gasteiger partial charge in [0.05, 0.1) is 11.9 Å². The fraction of sp³-hybridized carbons (Fsp3) is 0.333. The molecule has 0 radical (unpaired) electrons. The maximum atomic E-state index is 4.44. The molecule has 22 heavy (non-hydrogen) atoms. The van der Waals surface area contributed by atoms with Gasteiger partial charge in [-0.3, -0.25) is 4.90 Å². The zero-order valence-electron chi connectivity index (χ0n) is 12.6. The third-order valence-electron chi connectivity index (χ3n) is 4.49. The molecule has 112 valence electrons. The van der Waals surface area contributed by atoms with E-state index in [0.717, 1.165) is 18.7 Å². The van der Waals surface area contributed by atoms with E-state index < -0.39 is 0 Å². The zero-order chi connectivity index (χ0) is 14.8. The van der Waals surface area contributed by atoms with E-state index in [1.165, 1.54) is 30.6 Å². The number of benzene rings is 1. The Bertz CT molecular complexity index is 750. The summed E-state index contributed by atoms with van der Waals surface area (Å²) in [6.07, 6.45) is 6.20. The lowest BCUT2D eigenvalue weighted by Crippen LogP contribution is -2.34. The molecule has 4 heteroatoms. The molecule has 3 heterocycles. The number of nitrogens with zero attached hydrogens (tertiary/aromatic N) is 4. The summed E-state index contributed by atoms with van der Waals surface area (Å²) < 4.78 is 2.00. The van der Waals surface area contributed by atoms with Crippen LogP contribution >= 0.6 is 0 Å². The van der Waals surface area contributed by atoms with E-state index in [2.05, 4.69) is 51.4 Å². The van der Waals surface area contributed by atoms with Crippen LogP contribution in [-0.4, -0.2) is 32.6 Å². The SMILES string of the molecule is c1ccc(CN2CCCC(c3ccnc4ccnn34)C2)cc1. The first kappa shape index (κ1) is 13.5. The number of hydrogen-bond donors (Lipinski definition) is 0. The zero-order valence-corrected chi connectivity index (χ0v) is 12.6. The van der Waals surface area contributed by atoms with Gasteiger partial charge in [0.2, 0.25) is 0 Å². The van der Waals surface area contributed by atoms with Gasteiger partial charge in [-0.1, -0.05) is 30.3 Å². The Labute approximate surface area is 130 Å². The molecule has 0 aliphatic carbocycles. The van der Waals surface area contributed by atoms with Crippen molar-refractivity contribution in [3.63, 3.8) is 0 Å². The average Bonchev–Trinajstić information content (AvgIpc) is 3.04. The van der Waals surface area contributed by atoms with Gasteiger partial charge in [0.1, 0.15) is 0 Å². The Morgan fingerprint density at radius 3 is 2.86 bits per heavy atom. The van der Waals surface area contributed by atoms with Crippen molar-refractivity contribution in [2.75, 3.05) is 13.1 Å². The van der Waals surface area contributed by atoms with E-state index >= 15 is 0 Å². The molecule has 1 saturated heterocycles.